The second kappa shape index (κ2) is 42.0. The van der Waals surface area contributed by atoms with Crippen molar-refractivity contribution in [1.29, 1.82) is 0 Å². The van der Waals surface area contributed by atoms with Crippen LogP contribution in [0.2, 0.25) is 0 Å². The number of carbonyl (C=O) groups is 1. The average molecular weight is 853 g/mol. The molecular formula is C50H97N2O6P. The van der Waals surface area contributed by atoms with Crippen LogP contribution in [0.5, 0.6) is 0 Å². The molecule has 0 saturated carbocycles. The summed E-state index contributed by atoms with van der Waals surface area (Å²) in [5, 5.41) is 13.8. The molecule has 0 aromatic rings. The summed E-state index contributed by atoms with van der Waals surface area (Å²) in [6.45, 7) is 4.63. The Morgan fingerprint density at radius 2 is 0.949 bits per heavy atom. The van der Waals surface area contributed by atoms with E-state index in [9.17, 15) is 19.4 Å². The number of unbranched alkanes of at least 4 members (excludes halogenated alkanes) is 28. The molecule has 3 atom stereocenters. The van der Waals surface area contributed by atoms with E-state index in [-0.39, 0.29) is 12.5 Å². The predicted octanol–water partition coefficient (Wildman–Crippen LogP) is 13.6. The standard InChI is InChI=1S/C50H97N2O6P/c1-6-8-10-12-14-16-18-20-22-24-25-26-27-28-30-32-34-36-38-40-42-44-50(54)51-48(47-58-59(55,56)57-46-45-52(3,4)5)49(53)43-41-39-37-35-33-31-29-23-21-19-17-15-13-11-9-7-2/h24-25,33,35,41,43,48-49,53H,6-23,26-32,34,36-40,42,44-47H2,1-5H3,(H-,51,54,55,56)/b25-24-,35-33+,43-41+. The van der Waals surface area contributed by atoms with Crippen molar-refractivity contribution >= 4 is 13.7 Å². The van der Waals surface area contributed by atoms with Crippen molar-refractivity contribution in [2.45, 2.75) is 238 Å². The highest BCUT2D eigenvalue weighted by molar-refractivity contribution is 7.45. The highest BCUT2D eigenvalue weighted by Gasteiger charge is 2.23. The lowest BCUT2D eigenvalue weighted by Crippen LogP contribution is -2.45. The quantitative estimate of drug-likeness (QED) is 0.0273. The van der Waals surface area contributed by atoms with Crippen molar-refractivity contribution in [3.05, 3.63) is 36.5 Å². The van der Waals surface area contributed by atoms with E-state index in [2.05, 4.69) is 43.5 Å². The number of carbonyl (C=O) groups excluding carboxylic acids is 1. The molecule has 2 N–H and O–H groups in total. The van der Waals surface area contributed by atoms with Gasteiger partial charge >= 0.3 is 0 Å². The molecule has 0 spiro atoms. The summed E-state index contributed by atoms with van der Waals surface area (Å²) in [6, 6.07) is -0.902. The summed E-state index contributed by atoms with van der Waals surface area (Å²) in [7, 11) is 1.24. The predicted molar refractivity (Wildman–Crippen MR) is 251 cm³/mol. The van der Waals surface area contributed by atoms with Gasteiger partial charge < -0.3 is 28.8 Å². The Balaban J connectivity index is 4.35. The number of allylic oxidation sites excluding steroid dienone is 5. The normalized spacial score (nSPS) is 14.5. The van der Waals surface area contributed by atoms with Crippen molar-refractivity contribution in [1.82, 2.24) is 5.32 Å². The van der Waals surface area contributed by atoms with E-state index < -0.39 is 26.6 Å². The Hall–Kier alpha value is -1.28. The van der Waals surface area contributed by atoms with Crippen LogP contribution in [-0.4, -0.2) is 68.5 Å². The van der Waals surface area contributed by atoms with Gasteiger partial charge in [-0.05, 0) is 57.8 Å². The molecule has 0 heterocycles. The van der Waals surface area contributed by atoms with Crippen LogP contribution in [0.3, 0.4) is 0 Å². The van der Waals surface area contributed by atoms with E-state index in [1.807, 2.05) is 27.2 Å². The minimum Gasteiger partial charge on any atom is -0.756 e. The Morgan fingerprint density at radius 3 is 1.37 bits per heavy atom. The Morgan fingerprint density at radius 1 is 0.576 bits per heavy atom. The second-order valence-electron chi connectivity index (χ2n) is 18.2. The molecule has 0 saturated heterocycles. The van der Waals surface area contributed by atoms with Crippen LogP contribution in [0.15, 0.2) is 36.5 Å². The van der Waals surface area contributed by atoms with Gasteiger partial charge in [0, 0.05) is 6.42 Å². The lowest BCUT2D eigenvalue weighted by molar-refractivity contribution is -0.870. The van der Waals surface area contributed by atoms with Gasteiger partial charge in [0.1, 0.15) is 13.2 Å². The summed E-state index contributed by atoms with van der Waals surface area (Å²) in [5.74, 6) is -0.209. The number of aliphatic hydroxyl groups excluding tert-OH is 1. The van der Waals surface area contributed by atoms with Gasteiger partial charge in [-0.2, -0.15) is 0 Å². The van der Waals surface area contributed by atoms with Crippen LogP contribution in [0.4, 0.5) is 0 Å². The first kappa shape index (κ1) is 57.7. The molecule has 0 aliphatic heterocycles. The lowest BCUT2D eigenvalue weighted by Gasteiger charge is -2.29. The topological polar surface area (TPSA) is 108 Å². The van der Waals surface area contributed by atoms with E-state index in [0.717, 1.165) is 38.5 Å². The number of amides is 1. The van der Waals surface area contributed by atoms with E-state index in [1.54, 1.807) is 6.08 Å². The molecule has 9 heteroatoms. The SMILES string of the molecule is CCCCCCCCCC/C=C\CCCCCCCCCCCC(=O)NC(COP(=O)([O-])OCC[N+](C)(C)C)C(O)/C=C/CC/C=C/CCCCCCCCCCCC. The molecule has 8 nitrogen and oxygen atoms in total. The Kier molecular flexibility index (Phi) is 41.1. The van der Waals surface area contributed by atoms with Gasteiger partial charge in [0.05, 0.1) is 39.9 Å². The molecule has 0 rings (SSSR count). The van der Waals surface area contributed by atoms with Crippen molar-refractivity contribution in [2.75, 3.05) is 40.9 Å². The van der Waals surface area contributed by atoms with Gasteiger partial charge in [-0.3, -0.25) is 9.36 Å². The van der Waals surface area contributed by atoms with Crippen LogP contribution in [0.25, 0.3) is 0 Å². The zero-order chi connectivity index (χ0) is 43.6. The van der Waals surface area contributed by atoms with Gasteiger partial charge in [-0.25, -0.2) is 0 Å². The summed E-state index contributed by atoms with van der Waals surface area (Å²) in [6.07, 6.45) is 52.0. The molecule has 0 aromatic carbocycles. The maximum absolute atomic E-state index is 12.9. The molecule has 0 bridgehead atoms. The van der Waals surface area contributed by atoms with Crippen molar-refractivity contribution in [3.63, 3.8) is 0 Å². The van der Waals surface area contributed by atoms with Crippen LogP contribution < -0.4 is 10.2 Å². The minimum absolute atomic E-state index is 0.00640. The fraction of sp³-hybridized carbons (Fsp3) is 0.860. The van der Waals surface area contributed by atoms with E-state index in [4.69, 9.17) is 9.05 Å². The molecule has 0 aliphatic carbocycles. The zero-order valence-electron chi connectivity index (χ0n) is 39.5. The molecule has 0 fully saturated rings. The molecule has 3 unspecified atom stereocenters. The number of quaternary nitrogens is 1. The van der Waals surface area contributed by atoms with Crippen molar-refractivity contribution in [2.24, 2.45) is 0 Å². The van der Waals surface area contributed by atoms with Crippen LogP contribution >= 0.6 is 7.82 Å². The number of hydrogen-bond donors (Lipinski definition) is 2. The maximum atomic E-state index is 12.9. The summed E-state index contributed by atoms with van der Waals surface area (Å²) in [5.41, 5.74) is 0. The molecule has 59 heavy (non-hydrogen) atoms. The first-order valence-electron chi connectivity index (χ1n) is 24.9. The third kappa shape index (κ3) is 44.6. The van der Waals surface area contributed by atoms with Gasteiger partial charge in [-0.1, -0.05) is 198 Å². The number of phosphoric acid groups is 1. The third-order valence-electron chi connectivity index (χ3n) is 11.1. The Labute approximate surface area is 366 Å². The molecular weight excluding hydrogens is 756 g/mol. The number of nitrogens with zero attached hydrogens (tertiary/aromatic N) is 1. The van der Waals surface area contributed by atoms with Crippen molar-refractivity contribution in [3.8, 4) is 0 Å². The number of nitrogens with one attached hydrogen (secondary N) is 1. The maximum Gasteiger partial charge on any atom is 0.268 e. The summed E-state index contributed by atoms with van der Waals surface area (Å²) >= 11 is 0. The number of hydrogen-bond acceptors (Lipinski definition) is 6. The van der Waals surface area contributed by atoms with E-state index >= 15 is 0 Å². The third-order valence-corrected chi connectivity index (χ3v) is 12.0. The molecule has 348 valence electrons. The zero-order valence-corrected chi connectivity index (χ0v) is 40.4. The van der Waals surface area contributed by atoms with Gasteiger partial charge in [0.2, 0.25) is 5.91 Å². The smallest absolute Gasteiger partial charge is 0.268 e. The van der Waals surface area contributed by atoms with Gasteiger partial charge in [-0.15, -0.1) is 0 Å². The number of rotatable bonds is 45. The van der Waals surface area contributed by atoms with Gasteiger partial charge in [0.25, 0.3) is 7.82 Å². The molecule has 0 radical (unpaired) electrons. The Bertz CT molecular complexity index is 1060. The number of aliphatic hydroxyl groups is 1. The van der Waals surface area contributed by atoms with Crippen molar-refractivity contribution < 1.29 is 32.9 Å². The van der Waals surface area contributed by atoms with Crippen LogP contribution in [0, 0.1) is 0 Å². The first-order chi connectivity index (χ1) is 28.5. The van der Waals surface area contributed by atoms with E-state index in [1.165, 1.54) is 167 Å². The summed E-state index contributed by atoms with van der Waals surface area (Å²) in [4.78, 5) is 25.4. The van der Waals surface area contributed by atoms with E-state index in [0.29, 0.717) is 17.4 Å². The summed E-state index contributed by atoms with van der Waals surface area (Å²) < 4.78 is 23.2. The second-order valence-corrected chi connectivity index (χ2v) is 19.6. The first-order valence-corrected chi connectivity index (χ1v) is 26.3. The number of likely N-dealkylation sites (N-methyl/N-ethyl adjacent to an activating group) is 1. The average Bonchev–Trinajstić information content (AvgIpc) is 3.19. The fourth-order valence-corrected chi connectivity index (χ4v) is 7.83. The molecule has 0 aromatic heterocycles. The highest BCUT2D eigenvalue weighted by Crippen LogP contribution is 2.38. The van der Waals surface area contributed by atoms with Crippen LogP contribution in [-0.2, 0) is 18.4 Å². The monoisotopic (exact) mass is 853 g/mol. The number of phosphoric ester groups is 1. The lowest BCUT2D eigenvalue weighted by atomic mass is 10.0. The fourth-order valence-electron chi connectivity index (χ4n) is 7.10. The van der Waals surface area contributed by atoms with Crippen LogP contribution in [0.1, 0.15) is 226 Å². The molecule has 0 aliphatic rings. The molecule has 1 amide bonds. The van der Waals surface area contributed by atoms with Gasteiger partial charge in [0.15, 0.2) is 0 Å². The highest BCUT2D eigenvalue weighted by atomic mass is 31.2. The largest absolute Gasteiger partial charge is 0.756 e. The minimum atomic E-state index is -4.60.